The van der Waals surface area contributed by atoms with Crippen LogP contribution in [0.1, 0.15) is 18.9 Å². The van der Waals surface area contributed by atoms with Gasteiger partial charge < -0.3 is 10.2 Å². The predicted octanol–water partition coefficient (Wildman–Crippen LogP) is 2.20. The largest absolute Gasteiger partial charge is 0.363 e. The lowest BCUT2D eigenvalue weighted by molar-refractivity contribution is 0.553. The molecule has 0 aliphatic rings. The lowest BCUT2D eigenvalue weighted by Gasteiger charge is -2.13. The Bertz CT molecular complexity index is 316. The van der Waals surface area contributed by atoms with E-state index in [-0.39, 0.29) is 0 Å². The van der Waals surface area contributed by atoms with Gasteiger partial charge in [-0.05, 0) is 25.0 Å². The van der Waals surface area contributed by atoms with E-state index in [4.69, 9.17) is 0 Å². The summed E-state index contributed by atoms with van der Waals surface area (Å²) < 4.78 is 0. The molecule has 0 fully saturated rings. The summed E-state index contributed by atoms with van der Waals surface area (Å²) in [4.78, 5) is 6.37. The third kappa shape index (κ3) is 4.03. The van der Waals surface area contributed by atoms with Crippen molar-refractivity contribution in [3.8, 4) is 0 Å². The van der Waals surface area contributed by atoms with E-state index < -0.39 is 0 Å². The van der Waals surface area contributed by atoms with E-state index in [9.17, 15) is 0 Å². The summed E-state index contributed by atoms with van der Waals surface area (Å²) in [5, 5.41) is 3.42. The quantitative estimate of drug-likeness (QED) is 0.743. The highest BCUT2D eigenvalue weighted by Gasteiger charge is 2.00. The molecule has 0 aliphatic heterocycles. The van der Waals surface area contributed by atoms with Crippen molar-refractivity contribution in [2.75, 3.05) is 19.0 Å². The van der Waals surface area contributed by atoms with Gasteiger partial charge in [0.25, 0.3) is 0 Å². The fraction of sp³-hybridized carbons (Fsp3) is 0.462. The Morgan fingerprint density at radius 3 is 2.75 bits per heavy atom. The van der Waals surface area contributed by atoms with Gasteiger partial charge in [-0.3, -0.25) is 0 Å². The molecule has 0 saturated carbocycles. The van der Waals surface area contributed by atoms with Crippen LogP contribution < -0.4 is 10.2 Å². The van der Waals surface area contributed by atoms with Crippen molar-refractivity contribution in [3.63, 3.8) is 0 Å². The van der Waals surface area contributed by atoms with Gasteiger partial charge in [-0.1, -0.05) is 12.1 Å². The molecule has 1 atom stereocenters. The molecule has 0 amide bonds. The summed E-state index contributed by atoms with van der Waals surface area (Å²) in [7, 11) is 3.98. The molecule has 1 N–H and O–H groups in total. The first-order valence-electron chi connectivity index (χ1n) is 5.60. The molecular weight excluding hydrogens is 198 g/mol. The average molecular weight is 219 g/mol. The fourth-order valence-corrected chi connectivity index (χ4v) is 1.41. The van der Waals surface area contributed by atoms with Gasteiger partial charge in [0.1, 0.15) is 5.82 Å². The first-order valence-corrected chi connectivity index (χ1v) is 5.60. The van der Waals surface area contributed by atoms with E-state index in [1.165, 1.54) is 5.56 Å². The summed E-state index contributed by atoms with van der Waals surface area (Å²) >= 11 is 0. The van der Waals surface area contributed by atoms with Crippen molar-refractivity contribution in [1.29, 1.82) is 0 Å². The normalized spacial score (nSPS) is 12.2. The lowest BCUT2D eigenvalue weighted by atomic mass is 10.2. The van der Waals surface area contributed by atoms with Gasteiger partial charge in [0.15, 0.2) is 0 Å². The van der Waals surface area contributed by atoms with E-state index >= 15 is 0 Å². The van der Waals surface area contributed by atoms with Crippen LogP contribution in [-0.2, 0) is 6.54 Å². The van der Waals surface area contributed by atoms with Crippen LogP contribution in [0.5, 0.6) is 0 Å². The molecule has 0 aliphatic carbocycles. The van der Waals surface area contributed by atoms with Crippen LogP contribution in [0.2, 0.25) is 0 Å². The number of aromatic nitrogens is 1. The second-order valence-electron chi connectivity index (χ2n) is 4.23. The minimum absolute atomic E-state index is 0.464. The van der Waals surface area contributed by atoms with E-state index in [0.29, 0.717) is 6.04 Å². The Morgan fingerprint density at radius 2 is 2.25 bits per heavy atom. The van der Waals surface area contributed by atoms with Crippen LogP contribution in [0.25, 0.3) is 0 Å². The van der Waals surface area contributed by atoms with Gasteiger partial charge in [0.05, 0.1) is 0 Å². The van der Waals surface area contributed by atoms with Crippen molar-refractivity contribution >= 4 is 5.82 Å². The monoisotopic (exact) mass is 219 g/mol. The summed E-state index contributed by atoms with van der Waals surface area (Å²) in [6, 6.07) is 4.61. The van der Waals surface area contributed by atoms with E-state index in [2.05, 4.69) is 29.9 Å². The maximum atomic E-state index is 4.37. The second-order valence-corrected chi connectivity index (χ2v) is 4.23. The maximum absolute atomic E-state index is 4.37. The third-order valence-electron chi connectivity index (χ3n) is 2.44. The van der Waals surface area contributed by atoms with Crippen LogP contribution >= 0.6 is 0 Å². The van der Waals surface area contributed by atoms with Gasteiger partial charge in [-0.2, -0.15) is 0 Å². The number of anilines is 1. The van der Waals surface area contributed by atoms with Gasteiger partial charge in [0, 0.05) is 32.9 Å². The first kappa shape index (κ1) is 12.7. The van der Waals surface area contributed by atoms with Crippen LogP contribution in [0.4, 0.5) is 5.82 Å². The number of hydrogen-bond donors (Lipinski definition) is 1. The van der Waals surface area contributed by atoms with Crippen LogP contribution in [-0.4, -0.2) is 25.1 Å². The SMILES string of the molecule is C=CCC(C)NCc1ccc(N(C)C)nc1. The van der Waals surface area contributed by atoms with E-state index in [1.54, 1.807) is 0 Å². The zero-order chi connectivity index (χ0) is 12.0. The Balaban J connectivity index is 2.46. The van der Waals surface area contributed by atoms with Crippen molar-refractivity contribution in [2.24, 2.45) is 0 Å². The minimum atomic E-state index is 0.464. The molecule has 1 unspecified atom stereocenters. The molecule has 88 valence electrons. The molecule has 1 heterocycles. The number of pyridine rings is 1. The van der Waals surface area contributed by atoms with Crippen molar-refractivity contribution < 1.29 is 0 Å². The second kappa shape index (κ2) is 6.28. The standard InChI is InChI=1S/C13H21N3/c1-5-6-11(2)14-9-12-7-8-13(15-10-12)16(3)4/h5,7-8,10-11,14H,1,6,9H2,2-4H3. The molecule has 0 saturated heterocycles. The summed E-state index contributed by atoms with van der Waals surface area (Å²) in [6.45, 7) is 6.74. The zero-order valence-electron chi connectivity index (χ0n) is 10.4. The molecule has 1 aromatic heterocycles. The smallest absolute Gasteiger partial charge is 0.127 e. The summed E-state index contributed by atoms with van der Waals surface area (Å²) in [5.41, 5.74) is 1.21. The van der Waals surface area contributed by atoms with Crippen LogP contribution in [0, 0.1) is 0 Å². The Labute approximate surface area is 98.2 Å². The molecular formula is C13H21N3. The maximum Gasteiger partial charge on any atom is 0.127 e. The topological polar surface area (TPSA) is 28.2 Å². The number of hydrogen-bond acceptors (Lipinski definition) is 3. The lowest BCUT2D eigenvalue weighted by Crippen LogP contribution is -2.24. The van der Waals surface area contributed by atoms with Gasteiger partial charge in [-0.15, -0.1) is 6.58 Å². The number of rotatable bonds is 6. The average Bonchev–Trinajstić information content (AvgIpc) is 2.27. The number of nitrogens with zero attached hydrogens (tertiary/aromatic N) is 2. The molecule has 0 spiro atoms. The molecule has 1 rings (SSSR count). The van der Waals surface area contributed by atoms with E-state index in [1.807, 2.05) is 37.3 Å². The van der Waals surface area contributed by atoms with Crippen LogP contribution in [0.3, 0.4) is 0 Å². The molecule has 0 aromatic carbocycles. The first-order chi connectivity index (χ1) is 7.63. The third-order valence-corrected chi connectivity index (χ3v) is 2.44. The van der Waals surface area contributed by atoms with Crippen LogP contribution in [0.15, 0.2) is 31.0 Å². The number of nitrogens with one attached hydrogen (secondary N) is 1. The molecule has 3 nitrogen and oxygen atoms in total. The predicted molar refractivity (Wildman–Crippen MR) is 69.7 cm³/mol. The Morgan fingerprint density at radius 1 is 1.50 bits per heavy atom. The Hall–Kier alpha value is -1.35. The highest BCUT2D eigenvalue weighted by atomic mass is 15.1. The van der Waals surface area contributed by atoms with Gasteiger partial charge >= 0.3 is 0 Å². The van der Waals surface area contributed by atoms with Gasteiger partial charge in [-0.25, -0.2) is 4.98 Å². The molecule has 16 heavy (non-hydrogen) atoms. The molecule has 0 bridgehead atoms. The van der Waals surface area contributed by atoms with Gasteiger partial charge in [0.2, 0.25) is 0 Å². The summed E-state index contributed by atoms with van der Waals surface area (Å²) in [5.74, 6) is 0.989. The van der Waals surface area contributed by atoms with Crippen molar-refractivity contribution in [1.82, 2.24) is 10.3 Å². The highest BCUT2D eigenvalue weighted by Crippen LogP contribution is 2.07. The van der Waals surface area contributed by atoms with Crippen molar-refractivity contribution in [3.05, 3.63) is 36.5 Å². The minimum Gasteiger partial charge on any atom is -0.363 e. The van der Waals surface area contributed by atoms with Crippen molar-refractivity contribution in [2.45, 2.75) is 25.9 Å². The molecule has 3 heteroatoms. The summed E-state index contributed by atoms with van der Waals surface area (Å²) in [6.07, 6.45) is 4.84. The molecule has 1 aromatic rings. The van der Waals surface area contributed by atoms with E-state index in [0.717, 1.165) is 18.8 Å². The molecule has 0 radical (unpaired) electrons. The zero-order valence-corrected chi connectivity index (χ0v) is 10.4. The highest BCUT2D eigenvalue weighted by molar-refractivity contribution is 5.37. The Kier molecular flexibility index (Phi) is 4.99. The fourth-order valence-electron chi connectivity index (χ4n) is 1.41.